The zero-order valence-electron chi connectivity index (χ0n) is 15.8. The molecule has 0 aliphatic heterocycles. The molecule has 0 aromatic heterocycles. The molecule has 0 saturated heterocycles. The van der Waals surface area contributed by atoms with Gasteiger partial charge in [0.15, 0.2) is 5.78 Å². The number of hydrogen-bond acceptors (Lipinski definition) is 1. The summed E-state index contributed by atoms with van der Waals surface area (Å²) in [6, 6.07) is 26.1. The molecule has 0 radical (unpaired) electrons. The fourth-order valence-corrected chi connectivity index (χ4v) is 2.77. The van der Waals surface area contributed by atoms with Crippen LogP contribution in [-0.4, -0.2) is 5.78 Å². The summed E-state index contributed by atoms with van der Waals surface area (Å²) in [6.07, 6.45) is 7.70. The van der Waals surface area contributed by atoms with Crippen molar-refractivity contribution in [1.82, 2.24) is 0 Å². The largest absolute Gasteiger partial charge is 0.289 e. The minimum absolute atomic E-state index is 0.0180. The van der Waals surface area contributed by atoms with E-state index in [4.69, 9.17) is 0 Å². The molecule has 0 heterocycles. The first-order chi connectivity index (χ1) is 13.1. The van der Waals surface area contributed by atoms with Crippen LogP contribution < -0.4 is 0 Å². The quantitative estimate of drug-likeness (QED) is 0.268. The van der Waals surface area contributed by atoms with Crippen molar-refractivity contribution in [3.63, 3.8) is 0 Å². The fraction of sp³-hybridized carbons (Fsp3) is 0.115. The molecule has 3 rings (SSSR count). The van der Waals surface area contributed by atoms with Gasteiger partial charge in [-0.2, -0.15) is 0 Å². The van der Waals surface area contributed by atoms with Crippen LogP contribution in [0.5, 0.6) is 0 Å². The monoisotopic (exact) mass is 352 g/mol. The molecular weight excluding hydrogens is 328 g/mol. The van der Waals surface area contributed by atoms with Crippen molar-refractivity contribution in [3.8, 4) is 0 Å². The molecule has 0 aliphatic rings. The van der Waals surface area contributed by atoms with Crippen molar-refractivity contribution in [2.75, 3.05) is 0 Å². The van der Waals surface area contributed by atoms with Crippen LogP contribution in [0.3, 0.4) is 0 Å². The predicted molar refractivity (Wildman–Crippen MR) is 116 cm³/mol. The van der Waals surface area contributed by atoms with Crippen LogP contribution in [0.15, 0.2) is 84.9 Å². The summed E-state index contributed by atoms with van der Waals surface area (Å²) in [4.78, 5) is 12.1. The first-order valence-electron chi connectivity index (χ1n) is 9.27. The summed E-state index contributed by atoms with van der Waals surface area (Å²) in [7, 11) is 0. The van der Waals surface area contributed by atoms with Crippen LogP contribution >= 0.6 is 0 Å². The van der Waals surface area contributed by atoms with Gasteiger partial charge in [-0.05, 0) is 34.2 Å². The van der Waals surface area contributed by atoms with Crippen LogP contribution in [-0.2, 0) is 0 Å². The fourth-order valence-electron chi connectivity index (χ4n) is 2.77. The summed E-state index contributed by atoms with van der Waals surface area (Å²) in [6.45, 7) is 4.41. The Morgan fingerprint density at radius 3 is 1.67 bits per heavy atom. The number of allylic oxidation sites excluding steroid dienone is 1. The van der Waals surface area contributed by atoms with Crippen molar-refractivity contribution in [2.24, 2.45) is 0 Å². The average Bonchev–Trinajstić information content (AvgIpc) is 2.72. The SMILES string of the molecule is CC(C)c1ccc(/C=C/c2ccc(/C=C/C(=O)c3ccccc3)cc2)cc1. The number of rotatable bonds is 6. The highest BCUT2D eigenvalue weighted by Crippen LogP contribution is 2.16. The first kappa shape index (κ1) is 18.6. The van der Waals surface area contributed by atoms with Gasteiger partial charge in [-0.25, -0.2) is 0 Å². The van der Waals surface area contributed by atoms with Gasteiger partial charge >= 0.3 is 0 Å². The molecule has 0 unspecified atom stereocenters. The van der Waals surface area contributed by atoms with E-state index in [0.717, 1.165) is 11.1 Å². The smallest absolute Gasteiger partial charge is 0.185 e. The lowest BCUT2D eigenvalue weighted by atomic mass is 10.0. The lowest BCUT2D eigenvalue weighted by Gasteiger charge is -2.04. The minimum Gasteiger partial charge on any atom is -0.289 e. The van der Waals surface area contributed by atoms with Gasteiger partial charge in [0.25, 0.3) is 0 Å². The van der Waals surface area contributed by atoms with Crippen LogP contribution in [0.4, 0.5) is 0 Å². The molecule has 0 N–H and O–H groups in total. The van der Waals surface area contributed by atoms with Gasteiger partial charge in [0.1, 0.15) is 0 Å². The van der Waals surface area contributed by atoms with E-state index in [2.05, 4.69) is 62.4 Å². The van der Waals surface area contributed by atoms with Gasteiger partial charge in [-0.15, -0.1) is 0 Å². The van der Waals surface area contributed by atoms with Gasteiger partial charge in [0.2, 0.25) is 0 Å². The third kappa shape index (κ3) is 5.39. The molecular formula is C26H24O. The van der Waals surface area contributed by atoms with Crippen LogP contribution in [0.2, 0.25) is 0 Å². The summed E-state index contributed by atoms with van der Waals surface area (Å²) in [5.74, 6) is 0.571. The van der Waals surface area contributed by atoms with Crippen molar-refractivity contribution in [3.05, 3.63) is 113 Å². The second kappa shape index (κ2) is 8.95. The van der Waals surface area contributed by atoms with E-state index in [0.29, 0.717) is 11.5 Å². The van der Waals surface area contributed by atoms with Gasteiger partial charge in [-0.3, -0.25) is 4.79 Å². The van der Waals surface area contributed by atoms with Gasteiger partial charge in [0.05, 0.1) is 0 Å². The standard InChI is InChI=1S/C26H24O/c1-20(2)24-17-14-23(15-18-24)13-10-21-8-11-22(12-9-21)16-19-26(27)25-6-4-3-5-7-25/h3-20H,1-2H3/b13-10+,19-16+. The highest BCUT2D eigenvalue weighted by Gasteiger charge is 1.99. The molecule has 0 fully saturated rings. The molecule has 0 bridgehead atoms. The normalized spacial score (nSPS) is 11.5. The summed E-state index contributed by atoms with van der Waals surface area (Å²) in [5, 5.41) is 0. The molecule has 0 spiro atoms. The number of carbonyl (C=O) groups excluding carboxylic acids is 1. The van der Waals surface area contributed by atoms with E-state index in [1.165, 1.54) is 11.1 Å². The summed E-state index contributed by atoms with van der Waals surface area (Å²) >= 11 is 0. The summed E-state index contributed by atoms with van der Waals surface area (Å²) in [5.41, 5.74) is 5.40. The molecule has 3 aromatic rings. The number of ketones is 1. The first-order valence-corrected chi connectivity index (χ1v) is 9.27. The topological polar surface area (TPSA) is 17.1 Å². The average molecular weight is 352 g/mol. The Morgan fingerprint density at radius 1 is 0.667 bits per heavy atom. The van der Waals surface area contributed by atoms with Crippen molar-refractivity contribution < 1.29 is 4.79 Å². The Labute approximate surface area is 161 Å². The molecule has 0 saturated carbocycles. The Bertz CT molecular complexity index is 928. The Balaban J connectivity index is 1.63. The Kier molecular flexibility index (Phi) is 6.17. The number of benzene rings is 3. The minimum atomic E-state index is 0.0180. The Morgan fingerprint density at radius 2 is 1.15 bits per heavy atom. The van der Waals surface area contributed by atoms with E-state index in [1.807, 2.05) is 48.5 Å². The molecule has 27 heavy (non-hydrogen) atoms. The van der Waals surface area contributed by atoms with E-state index in [9.17, 15) is 4.79 Å². The Hall–Kier alpha value is -3.19. The third-order valence-corrected chi connectivity index (χ3v) is 4.49. The van der Waals surface area contributed by atoms with Crippen LogP contribution in [0.1, 0.15) is 52.4 Å². The zero-order valence-corrected chi connectivity index (χ0v) is 15.8. The van der Waals surface area contributed by atoms with Gasteiger partial charge in [0, 0.05) is 5.56 Å². The van der Waals surface area contributed by atoms with E-state index >= 15 is 0 Å². The molecule has 0 atom stereocenters. The van der Waals surface area contributed by atoms with E-state index < -0.39 is 0 Å². The third-order valence-electron chi connectivity index (χ3n) is 4.49. The number of carbonyl (C=O) groups is 1. The molecule has 0 amide bonds. The lowest BCUT2D eigenvalue weighted by molar-refractivity contribution is 0.104. The second-order valence-corrected chi connectivity index (χ2v) is 6.88. The lowest BCUT2D eigenvalue weighted by Crippen LogP contribution is -1.92. The van der Waals surface area contributed by atoms with E-state index in [1.54, 1.807) is 6.08 Å². The molecule has 1 heteroatoms. The maximum atomic E-state index is 12.1. The van der Waals surface area contributed by atoms with Gasteiger partial charge in [-0.1, -0.05) is 111 Å². The predicted octanol–water partition coefficient (Wildman–Crippen LogP) is 6.88. The molecule has 3 aromatic carbocycles. The summed E-state index contributed by atoms with van der Waals surface area (Å²) < 4.78 is 0. The van der Waals surface area contributed by atoms with Crippen molar-refractivity contribution in [1.29, 1.82) is 0 Å². The zero-order chi connectivity index (χ0) is 19.1. The van der Waals surface area contributed by atoms with Crippen LogP contribution in [0, 0.1) is 0 Å². The highest BCUT2D eigenvalue weighted by atomic mass is 16.1. The maximum Gasteiger partial charge on any atom is 0.185 e. The van der Waals surface area contributed by atoms with E-state index in [-0.39, 0.29) is 5.78 Å². The second-order valence-electron chi connectivity index (χ2n) is 6.88. The molecule has 134 valence electrons. The number of hydrogen-bond donors (Lipinski definition) is 0. The van der Waals surface area contributed by atoms with Crippen LogP contribution in [0.25, 0.3) is 18.2 Å². The van der Waals surface area contributed by atoms with Crippen molar-refractivity contribution in [2.45, 2.75) is 19.8 Å². The molecule has 0 aliphatic carbocycles. The maximum absolute atomic E-state index is 12.1. The molecule has 1 nitrogen and oxygen atoms in total. The van der Waals surface area contributed by atoms with Crippen molar-refractivity contribution >= 4 is 24.0 Å². The van der Waals surface area contributed by atoms with Gasteiger partial charge < -0.3 is 0 Å². The highest BCUT2D eigenvalue weighted by molar-refractivity contribution is 6.06.